The van der Waals surface area contributed by atoms with Gasteiger partial charge in [-0.05, 0) is 55.0 Å². The Bertz CT molecular complexity index is 965. The zero-order valence-electron chi connectivity index (χ0n) is 19.4. The maximum absolute atomic E-state index is 15.3. The highest BCUT2D eigenvalue weighted by Crippen LogP contribution is 2.36. The molecule has 0 bridgehead atoms. The second kappa shape index (κ2) is 10.6. The fraction of sp³-hybridized carbons (Fsp3) is 0.519. The van der Waals surface area contributed by atoms with E-state index < -0.39 is 11.5 Å². The molecule has 178 valence electrons. The van der Waals surface area contributed by atoms with E-state index in [0.717, 1.165) is 29.7 Å². The molecule has 1 aliphatic heterocycles. The number of rotatable bonds is 9. The number of anilines is 1. The molecule has 2 aromatic rings. The Morgan fingerprint density at radius 1 is 1.18 bits per heavy atom. The van der Waals surface area contributed by atoms with Crippen molar-refractivity contribution in [2.24, 2.45) is 5.92 Å². The molecule has 6 heteroatoms. The van der Waals surface area contributed by atoms with E-state index in [-0.39, 0.29) is 11.6 Å². The van der Waals surface area contributed by atoms with Crippen molar-refractivity contribution in [3.63, 3.8) is 0 Å². The number of hydrogen-bond acceptors (Lipinski definition) is 4. The van der Waals surface area contributed by atoms with Crippen molar-refractivity contribution in [3.8, 4) is 16.9 Å². The lowest BCUT2D eigenvalue weighted by molar-refractivity contribution is -0.145. The topological polar surface area (TPSA) is 67.8 Å². The molecule has 0 atom stereocenters. The van der Waals surface area contributed by atoms with Gasteiger partial charge in [0.15, 0.2) is 11.6 Å². The Labute approximate surface area is 195 Å². The number of nitrogens with one attached hydrogen (secondary N) is 1. The zero-order valence-corrected chi connectivity index (χ0v) is 19.4. The van der Waals surface area contributed by atoms with E-state index in [2.05, 4.69) is 5.32 Å². The van der Waals surface area contributed by atoms with Crippen LogP contribution in [0.5, 0.6) is 5.75 Å². The number of aliphatic carboxylic acids is 1. The van der Waals surface area contributed by atoms with Crippen molar-refractivity contribution in [1.82, 2.24) is 0 Å². The molecule has 0 amide bonds. The quantitative estimate of drug-likeness (QED) is 0.481. The minimum Gasteiger partial charge on any atom is -0.491 e. The van der Waals surface area contributed by atoms with Crippen molar-refractivity contribution < 1.29 is 23.8 Å². The average molecular weight is 456 g/mol. The van der Waals surface area contributed by atoms with E-state index >= 15 is 4.39 Å². The van der Waals surface area contributed by atoms with Crippen LogP contribution in [0, 0.1) is 11.7 Å². The predicted octanol–water partition coefficient (Wildman–Crippen LogP) is 6.06. The van der Waals surface area contributed by atoms with Gasteiger partial charge in [-0.1, -0.05) is 43.9 Å². The van der Waals surface area contributed by atoms with Crippen LogP contribution in [-0.2, 0) is 16.0 Å². The molecule has 1 heterocycles. The Morgan fingerprint density at radius 3 is 2.64 bits per heavy atom. The van der Waals surface area contributed by atoms with Crippen LogP contribution in [0.4, 0.5) is 10.1 Å². The summed E-state index contributed by atoms with van der Waals surface area (Å²) in [6.07, 6.45) is 7.78. The molecule has 5 nitrogen and oxygen atoms in total. The van der Waals surface area contributed by atoms with E-state index in [1.54, 1.807) is 12.1 Å². The second-order valence-corrected chi connectivity index (χ2v) is 9.24. The molecule has 0 spiro atoms. The minimum atomic E-state index is -1.04. The Morgan fingerprint density at radius 2 is 1.94 bits per heavy atom. The summed E-state index contributed by atoms with van der Waals surface area (Å²) in [5.74, 6) is -0.257. The third-order valence-corrected chi connectivity index (χ3v) is 7.09. The molecule has 2 aromatic carbocycles. The van der Waals surface area contributed by atoms with Gasteiger partial charge in [-0.25, -0.2) is 9.18 Å². The van der Waals surface area contributed by atoms with Gasteiger partial charge in [0.25, 0.3) is 0 Å². The van der Waals surface area contributed by atoms with Crippen LogP contribution in [0.15, 0.2) is 36.4 Å². The van der Waals surface area contributed by atoms with Gasteiger partial charge in [-0.3, -0.25) is 0 Å². The number of carboxylic acids is 1. The number of carbonyl (C=O) groups is 1. The molecule has 2 N–H and O–H groups in total. The lowest BCUT2D eigenvalue weighted by atomic mass is 9.88. The molecule has 2 aliphatic rings. The number of carboxylic acid groups (broad SMARTS) is 1. The summed E-state index contributed by atoms with van der Waals surface area (Å²) in [6.45, 7) is 3.08. The van der Waals surface area contributed by atoms with Crippen molar-refractivity contribution in [1.29, 1.82) is 0 Å². The van der Waals surface area contributed by atoms with Crippen molar-refractivity contribution in [2.75, 3.05) is 25.1 Å². The molecule has 1 aliphatic carbocycles. The SMILES string of the molecule is CCOc1cccc(-c2ccc(NC3(C(=O)O)CCOCC3)cc2CCC2CCCC2)c1F. The molecule has 1 saturated carbocycles. The smallest absolute Gasteiger partial charge is 0.329 e. The number of ether oxygens (including phenoxy) is 2. The van der Waals surface area contributed by atoms with Crippen molar-refractivity contribution >= 4 is 11.7 Å². The Balaban J connectivity index is 1.67. The van der Waals surface area contributed by atoms with Crippen LogP contribution in [0.25, 0.3) is 11.1 Å². The molecule has 0 radical (unpaired) electrons. The van der Waals surface area contributed by atoms with E-state index in [9.17, 15) is 9.90 Å². The average Bonchev–Trinajstić information content (AvgIpc) is 3.34. The molecule has 33 heavy (non-hydrogen) atoms. The molecular weight excluding hydrogens is 421 g/mol. The normalized spacial score (nSPS) is 18.2. The zero-order chi connectivity index (χ0) is 23.3. The highest BCUT2D eigenvalue weighted by Gasteiger charge is 2.40. The minimum absolute atomic E-state index is 0.256. The molecule has 4 rings (SSSR count). The first-order valence-corrected chi connectivity index (χ1v) is 12.2. The lowest BCUT2D eigenvalue weighted by Crippen LogP contribution is -2.50. The molecular formula is C27H34FNO4. The largest absolute Gasteiger partial charge is 0.491 e. The van der Waals surface area contributed by atoms with E-state index in [0.29, 0.717) is 44.1 Å². The van der Waals surface area contributed by atoms with Gasteiger partial charge in [0.05, 0.1) is 6.61 Å². The summed E-state index contributed by atoms with van der Waals surface area (Å²) in [7, 11) is 0. The van der Waals surface area contributed by atoms with E-state index in [1.165, 1.54) is 25.7 Å². The van der Waals surface area contributed by atoms with Crippen LogP contribution >= 0.6 is 0 Å². The van der Waals surface area contributed by atoms with Gasteiger partial charge in [-0.2, -0.15) is 0 Å². The second-order valence-electron chi connectivity index (χ2n) is 9.24. The van der Waals surface area contributed by atoms with Gasteiger partial charge in [0.2, 0.25) is 0 Å². The fourth-order valence-electron chi connectivity index (χ4n) is 5.17. The standard InChI is InChI=1S/C27H34FNO4/c1-2-33-24-9-5-8-23(25(24)28)22-13-12-21(18-20(22)11-10-19-6-3-4-7-19)29-27(26(30)31)14-16-32-17-15-27/h5,8-9,12-13,18-19,29H,2-4,6-7,10-11,14-17H2,1H3,(H,30,31). The van der Waals surface area contributed by atoms with Gasteiger partial charge in [-0.15, -0.1) is 0 Å². The summed E-state index contributed by atoms with van der Waals surface area (Å²) in [6, 6.07) is 11.0. The van der Waals surface area contributed by atoms with Crippen LogP contribution in [0.2, 0.25) is 0 Å². The molecule has 1 saturated heterocycles. The van der Waals surface area contributed by atoms with Crippen molar-refractivity contribution in [3.05, 3.63) is 47.8 Å². The first-order chi connectivity index (χ1) is 16.0. The lowest BCUT2D eigenvalue weighted by Gasteiger charge is -2.35. The number of aryl methyl sites for hydroxylation is 1. The van der Waals surface area contributed by atoms with Gasteiger partial charge in [0.1, 0.15) is 5.54 Å². The maximum atomic E-state index is 15.3. The summed E-state index contributed by atoms with van der Waals surface area (Å²) in [5.41, 5.74) is 2.11. The van der Waals surface area contributed by atoms with Crippen molar-refractivity contribution in [2.45, 2.75) is 63.8 Å². The van der Waals surface area contributed by atoms with Crippen LogP contribution < -0.4 is 10.1 Å². The van der Waals surface area contributed by atoms with Crippen LogP contribution in [-0.4, -0.2) is 36.4 Å². The molecule has 0 aromatic heterocycles. The summed E-state index contributed by atoms with van der Waals surface area (Å²) in [4.78, 5) is 12.1. The van der Waals surface area contributed by atoms with Crippen LogP contribution in [0.1, 0.15) is 57.4 Å². The Hall–Kier alpha value is -2.60. The summed E-state index contributed by atoms with van der Waals surface area (Å²) < 4.78 is 26.1. The van der Waals surface area contributed by atoms with E-state index in [1.807, 2.05) is 31.2 Å². The third kappa shape index (κ3) is 5.32. The maximum Gasteiger partial charge on any atom is 0.329 e. The number of benzene rings is 2. The number of hydrogen-bond donors (Lipinski definition) is 2. The summed E-state index contributed by atoms with van der Waals surface area (Å²) >= 11 is 0. The van der Waals surface area contributed by atoms with Gasteiger partial charge >= 0.3 is 5.97 Å². The van der Waals surface area contributed by atoms with E-state index in [4.69, 9.17) is 9.47 Å². The predicted molar refractivity (Wildman–Crippen MR) is 127 cm³/mol. The molecule has 0 unspecified atom stereocenters. The first-order valence-electron chi connectivity index (χ1n) is 12.2. The van der Waals surface area contributed by atoms with Gasteiger partial charge < -0.3 is 19.9 Å². The highest BCUT2D eigenvalue weighted by atomic mass is 19.1. The van der Waals surface area contributed by atoms with Crippen LogP contribution in [0.3, 0.4) is 0 Å². The van der Waals surface area contributed by atoms with Gasteiger partial charge in [0, 0.05) is 37.3 Å². The monoisotopic (exact) mass is 455 g/mol. The highest BCUT2D eigenvalue weighted by molar-refractivity contribution is 5.83. The fourth-order valence-corrected chi connectivity index (χ4v) is 5.17. The third-order valence-electron chi connectivity index (χ3n) is 7.09. The Kier molecular flexibility index (Phi) is 7.53. The molecule has 2 fully saturated rings. The first kappa shape index (κ1) is 23.6. The number of halogens is 1. The summed E-state index contributed by atoms with van der Waals surface area (Å²) in [5, 5.41) is 13.2.